The molecule has 0 spiro atoms. The number of esters is 1. The third-order valence-electron chi connectivity index (χ3n) is 3.07. The summed E-state index contributed by atoms with van der Waals surface area (Å²) in [7, 11) is 3.61. The largest absolute Gasteiger partial charge is 0.461 e. The Balaban J connectivity index is 0.000000224. The first-order valence-electron chi connectivity index (χ1n) is 6.95. The van der Waals surface area contributed by atoms with Crippen LogP contribution in [0.2, 0.25) is 0 Å². The van der Waals surface area contributed by atoms with Gasteiger partial charge < -0.3 is 4.74 Å². The van der Waals surface area contributed by atoms with E-state index in [0.29, 0.717) is 18.0 Å². The summed E-state index contributed by atoms with van der Waals surface area (Å²) >= 11 is 0. The second-order valence-corrected chi connectivity index (χ2v) is 4.87. The highest BCUT2D eigenvalue weighted by Crippen LogP contribution is 2.02. The fourth-order valence-corrected chi connectivity index (χ4v) is 1.60. The van der Waals surface area contributed by atoms with Gasteiger partial charge in [0, 0.05) is 32.4 Å². The monoisotopic (exact) mass is 306 g/mol. The molecule has 0 bridgehead atoms. The number of nitrogens with zero attached hydrogens (tertiary/aromatic N) is 4. The van der Waals surface area contributed by atoms with Gasteiger partial charge in [-0.3, -0.25) is 14.2 Å². The summed E-state index contributed by atoms with van der Waals surface area (Å²) in [6.07, 6.45) is 0. The quantitative estimate of drug-likeness (QED) is 0.638. The first-order valence-corrected chi connectivity index (χ1v) is 6.95. The highest BCUT2D eigenvalue weighted by Gasteiger charge is 2.10. The van der Waals surface area contributed by atoms with Crippen LogP contribution < -0.4 is 0 Å². The van der Waals surface area contributed by atoms with E-state index in [1.165, 1.54) is 6.92 Å². The molecule has 0 aliphatic heterocycles. The van der Waals surface area contributed by atoms with Crippen LogP contribution in [0.5, 0.6) is 0 Å². The highest BCUT2D eigenvalue weighted by atomic mass is 16.5. The van der Waals surface area contributed by atoms with Crippen LogP contribution in [-0.2, 0) is 18.8 Å². The van der Waals surface area contributed by atoms with Crippen molar-refractivity contribution >= 4 is 11.8 Å². The Hall–Kier alpha value is -2.44. The van der Waals surface area contributed by atoms with Gasteiger partial charge in [0.2, 0.25) is 0 Å². The second-order valence-electron chi connectivity index (χ2n) is 4.87. The Morgan fingerprint density at radius 3 is 1.77 bits per heavy atom. The molecular formula is C15H22N4O3. The molecule has 0 aliphatic rings. The predicted octanol–water partition coefficient (Wildman–Crippen LogP) is 1.84. The number of aromatic nitrogens is 4. The lowest BCUT2D eigenvalue weighted by atomic mass is 10.3. The maximum Gasteiger partial charge on any atom is 0.358 e. The van der Waals surface area contributed by atoms with Crippen LogP contribution in [0, 0.1) is 13.8 Å². The molecule has 0 fully saturated rings. The number of Topliss-reactive ketones (excluding diaryl/α,β-unsaturated/α-hetero) is 1. The molecule has 120 valence electrons. The van der Waals surface area contributed by atoms with E-state index < -0.39 is 0 Å². The van der Waals surface area contributed by atoms with E-state index in [9.17, 15) is 9.59 Å². The molecular weight excluding hydrogens is 284 g/mol. The standard InChI is InChI=1S/C8H12N2O2.C7H10N2O/c1-4-12-8(11)7-5-6(2)10(3)9-7;1-5-4-7(6(2)10)8-9(5)3/h5H,4H2,1-3H3;4H,1-3H3. The van der Waals surface area contributed by atoms with Crippen molar-refractivity contribution in [1.29, 1.82) is 0 Å². The van der Waals surface area contributed by atoms with Crippen molar-refractivity contribution in [3.63, 3.8) is 0 Å². The van der Waals surface area contributed by atoms with Gasteiger partial charge in [-0.1, -0.05) is 0 Å². The summed E-state index contributed by atoms with van der Waals surface area (Å²) in [4.78, 5) is 21.8. The number of ether oxygens (including phenoxy) is 1. The molecule has 22 heavy (non-hydrogen) atoms. The summed E-state index contributed by atoms with van der Waals surface area (Å²) in [6, 6.07) is 3.49. The molecule has 0 amide bonds. The predicted molar refractivity (Wildman–Crippen MR) is 81.9 cm³/mol. The summed E-state index contributed by atoms with van der Waals surface area (Å²) < 4.78 is 8.12. The minimum absolute atomic E-state index is 0.0173. The number of carbonyl (C=O) groups excluding carboxylic acids is 2. The SMILES string of the molecule is CC(=O)c1cc(C)n(C)n1.CCOC(=O)c1cc(C)n(C)n1. The molecule has 0 atom stereocenters. The number of carbonyl (C=O) groups is 2. The van der Waals surface area contributed by atoms with Gasteiger partial charge in [0.15, 0.2) is 11.5 Å². The van der Waals surface area contributed by atoms with E-state index in [0.717, 1.165) is 11.4 Å². The molecule has 7 heteroatoms. The van der Waals surface area contributed by atoms with E-state index in [2.05, 4.69) is 10.2 Å². The molecule has 7 nitrogen and oxygen atoms in total. The summed E-state index contributed by atoms with van der Waals surface area (Å²) in [5.74, 6) is -0.343. The lowest BCUT2D eigenvalue weighted by molar-refractivity contribution is 0.0518. The number of aryl methyl sites for hydroxylation is 4. The lowest BCUT2D eigenvalue weighted by Gasteiger charge is -1.95. The topological polar surface area (TPSA) is 79.0 Å². The number of hydrogen-bond acceptors (Lipinski definition) is 5. The van der Waals surface area contributed by atoms with E-state index in [1.54, 1.807) is 35.5 Å². The van der Waals surface area contributed by atoms with Gasteiger partial charge in [-0.25, -0.2) is 4.79 Å². The molecule has 0 saturated carbocycles. The molecule has 2 aromatic rings. The molecule has 2 heterocycles. The van der Waals surface area contributed by atoms with Crippen molar-refractivity contribution in [3.8, 4) is 0 Å². The van der Waals surface area contributed by atoms with Gasteiger partial charge in [0.1, 0.15) is 5.69 Å². The minimum Gasteiger partial charge on any atom is -0.461 e. The van der Waals surface area contributed by atoms with Gasteiger partial charge in [-0.05, 0) is 32.9 Å². The van der Waals surface area contributed by atoms with Crippen LogP contribution >= 0.6 is 0 Å². The summed E-state index contributed by atoms with van der Waals surface area (Å²) in [6.45, 7) is 7.47. The van der Waals surface area contributed by atoms with Crippen molar-refractivity contribution in [3.05, 3.63) is 34.9 Å². The van der Waals surface area contributed by atoms with Gasteiger partial charge in [0.05, 0.1) is 6.61 Å². The van der Waals surface area contributed by atoms with Gasteiger partial charge in [-0.15, -0.1) is 0 Å². The Kier molecular flexibility index (Phi) is 6.03. The minimum atomic E-state index is -0.360. The van der Waals surface area contributed by atoms with Gasteiger partial charge in [0.25, 0.3) is 0 Å². The summed E-state index contributed by atoms with van der Waals surface area (Å²) in [5.41, 5.74) is 2.86. The molecule has 0 saturated heterocycles. The van der Waals surface area contributed by atoms with Crippen LogP contribution in [0.4, 0.5) is 0 Å². The fraction of sp³-hybridized carbons (Fsp3) is 0.467. The molecule has 2 aromatic heterocycles. The number of hydrogen-bond donors (Lipinski definition) is 0. The van der Waals surface area contributed by atoms with Crippen molar-refractivity contribution in [1.82, 2.24) is 19.6 Å². The van der Waals surface area contributed by atoms with E-state index in [-0.39, 0.29) is 11.8 Å². The fourth-order valence-electron chi connectivity index (χ4n) is 1.60. The van der Waals surface area contributed by atoms with Crippen molar-refractivity contribution in [2.24, 2.45) is 14.1 Å². The zero-order chi connectivity index (χ0) is 16.9. The molecule has 0 aromatic carbocycles. The first-order chi connectivity index (χ1) is 10.3. The highest BCUT2D eigenvalue weighted by molar-refractivity contribution is 5.92. The van der Waals surface area contributed by atoms with Crippen molar-refractivity contribution in [2.75, 3.05) is 6.61 Å². The second kappa shape index (κ2) is 7.53. The molecule has 0 N–H and O–H groups in total. The van der Waals surface area contributed by atoms with Crippen molar-refractivity contribution in [2.45, 2.75) is 27.7 Å². The maximum absolute atomic E-state index is 11.1. The third-order valence-corrected chi connectivity index (χ3v) is 3.07. The Morgan fingerprint density at radius 2 is 1.50 bits per heavy atom. The normalized spacial score (nSPS) is 9.91. The lowest BCUT2D eigenvalue weighted by Crippen LogP contribution is -2.05. The van der Waals surface area contributed by atoms with E-state index >= 15 is 0 Å². The van der Waals surface area contributed by atoms with E-state index in [1.807, 2.05) is 20.9 Å². The molecule has 0 aliphatic carbocycles. The summed E-state index contributed by atoms with van der Waals surface area (Å²) in [5, 5.41) is 7.95. The average Bonchev–Trinajstić information content (AvgIpc) is 2.95. The zero-order valence-electron chi connectivity index (χ0n) is 13.9. The molecule has 2 rings (SSSR count). The Bertz CT molecular complexity index is 631. The smallest absolute Gasteiger partial charge is 0.358 e. The van der Waals surface area contributed by atoms with Crippen LogP contribution in [0.15, 0.2) is 12.1 Å². The van der Waals surface area contributed by atoms with Crippen molar-refractivity contribution < 1.29 is 14.3 Å². The van der Waals surface area contributed by atoms with Gasteiger partial charge >= 0.3 is 5.97 Å². The Morgan fingerprint density at radius 1 is 1.05 bits per heavy atom. The third kappa shape index (κ3) is 4.54. The zero-order valence-corrected chi connectivity index (χ0v) is 13.9. The van der Waals surface area contributed by atoms with E-state index in [4.69, 9.17) is 4.74 Å². The van der Waals surface area contributed by atoms with Crippen LogP contribution in [-0.4, -0.2) is 37.9 Å². The first kappa shape index (κ1) is 17.6. The molecule has 0 unspecified atom stereocenters. The van der Waals surface area contributed by atoms with Crippen LogP contribution in [0.3, 0.4) is 0 Å². The number of ketones is 1. The Labute approximate surface area is 129 Å². The van der Waals surface area contributed by atoms with Crippen LogP contribution in [0.25, 0.3) is 0 Å². The van der Waals surface area contributed by atoms with Gasteiger partial charge in [-0.2, -0.15) is 10.2 Å². The molecule has 0 radical (unpaired) electrons. The number of rotatable bonds is 3. The average molecular weight is 306 g/mol. The van der Waals surface area contributed by atoms with Crippen LogP contribution in [0.1, 0.15) is 46.2 Å². The maximum atomic E-state index is 11.1.